The lowest BCUT2D eigenvalue weighted by Gasteiger charge is -2.19. The van der Waals surface area contributed by atoms with Gasteiger partial charge >= 0.3 is 0 Å². The summed E-state index contributed by atoms with van der Waals surface area (Å²) in [5.74, 6) is 2.49. The fraction of sp³-hybridized carbons (Fsp3) is 0.250. The molecule has 0 bridgehead atoms. The van der Waals surface area contributed by atoms with Gasteiger partial charge in [-0.05, 0) is 43.0 Å². The molecule has 0 fully saturated rings. The van der Waals surface area contributed by atoms with Crippen LogP contribution in [0.2, 0.25) is 0 Å². The van der Waals surface area contributed by atoms with Crippen LogP contribution in [0.4, 0.5) is 4.39 Å². The van der Waals surface area contributed by atoms with E-state index < -0.39 is 0 Å². The molecule has 0 aliphatic rings. The third kappa shape index (κ3) is 3.44. The van der Waals surface area contributed by atoms with Gasteiger partial charge in [-0.15, -0.1) is 17.8 Å². The van der Waals surface area contributed by atoms with Gasteiger partial charge in [0.1, 0.15) is 5.82 Å². The van der Waals surface area contributed by atoms with Crippen LogP contribution >= 0.6 is 11.3 Å². The molecule has 0 aliphatic carbocycles. The fourth-order valence-electron chi connectivity index (χ4n) is 1.68. The molecule has 1 aromatic heterocycles. The van der Waals surface area contributed by atoms with Crippen LogP contribution in [-0.2, 0) is 6.54 Å². The smallest absolute Gasteiger partial charge is 0.131 e. The highest BCUT2D eigenvalue weighted by Crippen LogP contribution is 2.28. The van der Waals surface area contributed by atoms with Gasteiger partial charge in [0.05, 0.1) is 5.54 Å². The van der Waals surface area contributed by atoms with Crippen LogP contribution in [0.25, 0.3) is 10.4 Å². The Kier molecular flexibility index (Phi) is 4.04. The summed E-state index contributed by atoms with van der Waals surface area (Å²) in [5.41, 5.74) is 1.30. The van der Waals surface area contributed by atoms with E-state index in [9.17, 15) is 4.39 Å². The summed E-state index contributed by atoms with van der Waals surface area (Å²) in [5, 5.41) is 5.21. The van der Waals surface area contributed by atoms with Crippen LogP contribution in [0.15, 0.2) is 35.7 Å². The van der Waals surface area contributed by atoms with E-state index in [0.29, 0.717) is 12.1 Å². The van der Waals surface area contributed by atoms with Crippen molar-refractivity contribution in [3.05, 3.63) is 47.1 Å². The Balaban J connectivity index is 2.21. The zero-order valence-electron chi connectivity index (χ0n) is 11.0. The van der Waals surface area contributed by atoms with Crippen LogP contribution in [0.5, 0.6) is 0 Å². The second-order valence-corrected chi connectivity index (χ2v) is 5.86. The predicted octanol–water partition coefficient (Wildman–Crippen LogP) is 4.06. The Labute approximate surface area is 117 Å². The molecular weight excluding hydrogens is 257 g/mol. The van der Waals surface area contributed by atoms with E-state index in [0.717, 1.165) is 10.4 Å². The molecule has 2 aromatic rings. The van der Waals surface area contributed by atoms with Crippen LogP contribution in [0.3, 0.4) is 0 Å². The molecule has 3 heteroatoms. The molecule has 0 saturated heterocycles. The van der Waals surface area contributed by atoms with Crippen LogP contribution in [-0.4, -0.2) is 5.54 Å². The van der Waals surface area contributed by atoms with Gasteiger partial charge < -0.3 is 0 Å². The SMILES string of the molecule is C#CC(C)(C)NCc1ccc(F)c(-c2cccs2)c1. The topological polar surface area (TPSA) is 12.0 Å². The van der Waals surface area contributed by atoms with Gasteiger partial charge in [0.2, 0.25) is 0 Å². The van der Waals surface area contributed by atoms with Gasteiger partial charge in [-0.1, -0.05) is 18.1 Å². The zero-order chi connectivity index (χ0) is 13.9. The number of rotatable bonds is 4. The quantitative estimate of drug-likeness (QED) is 0.828. The molecule has 1 N–H and O–H groups in total. The van der Waals surface area contributed by atoms with E-state index in [1.165, 1.54) is 17.4 Å². The molecule has 0 amide bonds. The summed E-state index contributed by atoms with van der Waals surface area (Å²) in [4.78, 5) is 0.940. The summed E-state index contributed by atoms with van der Waals surface area (Å²) in [6, 6.07) is 9.01. The van der Waals surface area contributed by atoms with Crippen molar-refractivity contribution in [2.24, 2.45) is 0 Å². The van der Waals surface area contributed by atoms with Crippen LogP contribution < -0.4 is 5.32 Å². The molecule has 98 valence electrons. The zero-order valence-corrected chi connectivity index (χ0v) is 11.9. The minimum absolute atomic E-state index is 0.192. The number of hydrogen-bond acceptors (Lipinski definition) is 2. The molecule has 2 rings (SSSR count). The lowest BCUT2D eigenvalue weighted by Crippen LogP contribution is -2.36. The van der Waals surface area contributed by atoms with Gasteiger partial charge in [0, 0.05) is 17.0 Å². The van der Waals surface area contributed by atoms with Gasteiger partial charge in [0.15, 0.2) is 0 Å². The van der Waals surface area contributed by atoms with E-state index in [-0.39, 0.29) is 11.4 Å². The first-order valence-electron chi connectivity index (χ1n) is 6.07. The number of terminal acetylenes is 1. The average Bonchev–Trinajstić information content (AvgIpc) is 2.92. The van der Waals surface area contributed by atoms with Crippen molar-refractivity contribution in [1.82, 2.24) is 5.32 Å². The van der Waals surface area contributed by atoms with Crippen LogP contribution in [0, 0.1) is 18.2 Å². The first kappa shape index (κ1) is 13.8. The second kappa shape index (κ2) is 5.56. The van der Waals surface area contributed by atoms with Crippen molar-refractivity contribution in [2.75, 3.05) is 0 Å². The van der Waals surface area contributed by atoms with E-state index in [4.69, 9.17) is 6.42 Å². The Bertz CT molecular complexity index is 594. The molecule has 0 atom stereocenters. The number of benzene rings is 1. The minimum Gasteiger partial charge on any atom is -0.298 e. The molecule has 0 saturated carbocycles. The highest BCUT2D eigenvalue weighted by molar-refractivity contribution is 7.13. The number of nitrogens with one attached hydrogen (secondary N) is 1. The summed E-state index contributed by atoms with van der Waals surface area (Å²) < 4.78 is 13.8. The molecular formula is C16H16FNS. The van der Waals surface area contributed by atoms with Crippen molar-refractivity contribution in [1.29, 1.82) is 0 Å². The summed E-state index contributed by atoms with van der Waals surface area (Å²) >= 11 is 1.53. The molecule has 1 heterocycles. The van der Waals surface area contributed by atoms with Gasteiger partial charge in [-0.3, -0.25) is 5.32 Å². The Morgan fingerprint density at radius 3 is 2.79 bits per heavy atom. The molecule has 0 aliphatic heterocycles. The first-order valence-corrected chi connectivity index (χ1v) is 6.95. The van der Waals surface area contributed by atoms with Crippen molar-refractivity contribution in [3.8, 4) is 22.8 Å². The largest absolute Gasteiger partial charge is 0.298 e. The third-order valence-electron chi connectivity index (χ3n) is 2.91. The molecule has 0 radical (unpaired) electrons. The number of hydrogen-bond donors (Lipinski definition) is 1. The Morgan fingerprint density at radius 2 is 2.16 bits per heavy atom. The van der Waals surface area contributed by atoms with Crippen molar-refractivity contribution in [2.45, 2.75) is 25.9 Å². The Morgan fingerprint density at radius 1 is 1.37 bits per heavy atom. The van der Waals surface area contributed by atoms with Crippen molar-refractivity contribution >= 4 is 11.3 Å². The lowest BCUT2D eigenvalue weighted by atomic mass is 10.0. The van der Waals surface area contributed by atoms with E-state index in [1.807, 2.05) is 37.4 Å². The second-order valence-electron chi connectivity index (χ2n) is 4.91. The van der Waals surface area contributed by atoms with Crippen molar-refractivity contribution in [3.63, 3.8) is 0 Å². The van der Waals surface area contributed by atoms with Gasteiger partial charge in [-0.2, -0.15) is 0 Å². The monoisotopic (exact) mass is 273 g/mol. The van der Waals surface area contributed by atoms with Gasteiger partial charge in [0.25, 0.3) is 0 Å². The molecule has 1 aromatic carbocycles. The molecule has 19 heavy (non-hydrogen) atoms. The highest BCUT2D eigenvalue weighted by Gasteiger charge is 2.13. The maximum atomic E-state index is 13.8. The number of thiophene rings is 1. The average molecular weight is 273 g/mol. The fourth-order valence-corrected chi connectivity index (χ4v) is 2.42. The maximum absolute atomic E-state index is 13.8. The minimum atomic E-state index is -0.364. The summed E-state index contributed by atoms with van der Waals surface area (Å²) in [6.07, 6.45) is 5.43. The predicted molar refractivity (Wildman–Crippen MR) is 79.5 cm³/mol. The van der Waals surface area contributed by atoms with E-state index in [2.05, 4.69) is 11.2 Å². The van der Waals surface area contributed by atoms with Gasteiger partial charge in [-0.25, -0.2) is 4.39 Å². The maximum Gasteiger partial charge on any atom is 0.131 e. The van der Waals surface area contributed by atoms with E-state index >= 15 is 0 Å². The first-order chi connectivity index (χ1) is 9.02. The molecule has 0 spiro atoms. The lowest BCUT2D eigenvalue weighted by molar-refractivity contribution is 0.490. The van der Waals surface area contributed by atoms with E-state index in [1.54, 1.807) is 6.07 Å². The summed E-state index contributed by atoms with van der Waals surface area (Å²) in [7, 11) is 0. The molecule has 0 unspecified atom stereocenters. The molecule has 1 nitrogen and oxygen atoms in total. The number of halogens is 1. The highest BCUT2D eigenvalue weighted by atomic mass is 32.1. The Hall–Kier alpha value is -1.63. The normalized spacial score (nSPS) is 11.3. The summed E-state index contributed by atoms with van der Waals surface area (Å²) in [6.45, 7) is 4.50. The standard InChI is InChI=1S/C16H16FNS/c1-4-16(2,3)18-11-12-7-8-14(17)13(10-12)15-6-5-9-19-15/h1,5-10,18H,11H2,2-3H3. The third-order valence-corrected chi connectivity index (χ3v) is 3.82. The van der Waals surface area contributed by atoms with Crippen molar-refractivity contribution < 1.29 is 4.39 Å². The van der Waals surface area contributed by atoms with Crippen LogP contribution in [0.1, 0.15) is 19.4 Å².